The number of carbonyl (C=O) groups is 3. The molecule has 180 valence electrons. The zero-order chi connectivity index (χ0) is 23.4. The number of amides is 2. The lowest BCUT2D eigenvalue weighted by Crippen LogP contribution is -2.50. The van der Waals surface area contributed by atoms with E-state index in [0.29, 0.717) is 22.7 Å². The molecule has 0 aliphatic carbocycles. The molecule has 0 bridgehead atoms. The van der Waals surface area contributed by atoms with Crippen LogP contribution >= 0.6 is 24.0 Å². The van der Waals surface area contributed by atoms with Gasteiger partial charge in [-0.3, -0.25) is 19.4 Å². The maximum atomic E-state index is 12.8. The molecule has 1 unspecified atom stereocenters. The predicted octanol–water partition coefficient (Wildman–Crippen LogP) is 3.23. The summed E-state index contributed by atoms with van der Waals surface area (Å²) < 4.78 is 5.73. The van der Waals surface area contributed by atoms with Gasteiger partial charge in [0.25, 0.3) is 11.8 Å². The van der Waals surface area contributed by atoms with E-state index < -0.39 is 12.1 Å². The number of ether oxygens (including phenoxy) is 1. The Labute approximate surface area is 210 Å². The van der Waals surface area contributed by atoms with Gasteiger partial charge >= 0.3 is 5.97 Å². The standard InChI is InChI=1S/C25H26ClN3O4.ClH/c1-27-12-14-28(15-13-27)16-20(33-23(30)11-8-18-6-9-19(26)10-7-18)17-29-24(31)21-4-2-3-5-22(21)25(29)32;/h2-11,20H,12-17H2,1H3;1H/b11-8+;. The summed E-state index contributed by atoms with van der Waals surface area (Å²) in [5, 5.41) is 0.614. The van der Waals surface area contributed by atoms with E-state index in [1.54, 1.807) is 54.6 Å². The summed E-state index contributed by atoms with van der Waals surface area (Å²) in [7, 11) is 2.06. The first-order valence-corrected chi connectivity index (χ1v) is 11.3. The van der Waals surface area contributed by atoms with Gasteiger partial charge in [-0.15, -0.1) is 12.4 Å². The number of halogens is 2. The monoisotopic (exact) mass is 503 g/mol. The van der Waals surface area contributed by atoms with Crippen LogP contribution in [-0.4, -0.2) is 84.9 Å². The number of fused-ring (bicyclic) bond motifs is 1. The summed E-state index contributed by atoms with van der Waals surface area (Å²) in [6.07, 6.45) is 2.36. The molecular formula is C25H27Cl2N3O4. The van der Waals surface area contributed by atoms with Crippen molar-refractivity contribution in [2.45, 2.75) is 6.10 Å². The van der Waals surface area contributed by atoms with Crippen LogP contribution in [0.4, 0.5) is 0 Å². The molecule has 0 saturated carbocycles. The molecule has 2 aromatic rings. The van der Waals surface area contributed by atoms with Gasteiger partial charge in [0.1, 0.15) is 6.10 Å². The van der Waals surface area contributed by atoms with Gasteiger partial charge in [-0.25, -0.2) is 4.79 Å². The Hall–Kier alpha value is -2.71. The van der Waals surface area contributed by atoms with E-state index in [2.05, 4.69) is 16.8 Å². The minimum Gasteiger partial charge on any atom is -0.456 e. The molecule has 0 N–H and O–H groups in total. The molecule has 2 heterocycles. The lowest BCUT2D eigenvalue weighted by Gasteiger charge is -2.35. The van der Waals surface area contributed by atoms with Crippen LogP contribution in [0.1, 0.15) is 26.3 Å². The number of nitrogens with zero attached hydrogens (tertiary/aromatic N) is 3. The summed E-state index contributed by atoms with van der Waals surface area (Å²) in [6.45, 7) is 3.93. The van der Waals surface area contributed by atoms with Crippen LogP contribution in [0.3, 0.4) is 0 Å². The number of benzene rings is 2. The van der Waals surface area contributed by atoms with Gasteiger partial charge in [-0.05, 0) is 43.0 Å². The highest BCUT2D eigenvalue weighted by atomic mass is 35.5. The van der Waals surface area contributed by atoms with Crippen LogP contribution in [0.2, 0.25) is 5.02 Å². The van der Waals surface area contributed by atoms with Crippen molar-refractivity contribution in [1.82, 2.24) is 14.7 Å². The molecule has 34 heavy (non-hydrogen) atoms. The Morgan fingerprint density at radius 3 is 2.15 bits per heavy atom. The fourth-order valence-corrected chi connectivity index (χ4v) is 4.13. The topological polar surface area (TPSA) is 70.2 Å². The van der Waals surface area contributed by atoms with E-state index in [1.165, 1.54) is 11.0 Å². The van der Waals surface area contributed by atoms with Gasteiger partial charge in [-0.1, -0.05) is 35.9 Å². The van der Waals surface area contributed by atoms with Crippen molar-refractivity contribution in [3.05, 3.63) is 76.3 Å². The van der Waals surface area contributed by atoms with Crippen molar-refractivity contribution < 1.29 is 19.1 Å². The summed E-state index contributed by atoms with van der Waals surface area (Å²) in [5.41, 5.74) is 1.58. The van der Waals surface area contributed by atoms with E-state index in [-0.39, 0.29) is 30.8 Å². The number of esters is 1. The van der Waals surface area contributed by atoms with Crippen LogP contribution in [0.25, 0.3) is 6.08 Å². The molecule has 2 aliphatic heterocycles. The van der Waals surface area contributed by atoms with Gasteiger partial charge in [0.2, 0.25) is 0 Å². The lowest BCUT2D eigenvalue weighted by molar-refractivity contribution is -0.144. The third-order valence-electron chi connectivity index (χ3n) is 5.89. The third kappa shape index (κ3) is 6.24. The summed E-state index contributed by atoms with van der Waals surface area (Å²) in [5.74, 6) is -1.24. The highest BCUT2D eigenvalue weighted by Crippen LogP contribution is 2.23. The Morgan fingerprint density at radius 1 is 0.971 bits per heavy atom. The van der Waals surface area contributed by atoms with Crippen LogP contribution in [-0.2, 0) is 9.53 Å². The summed E-state index contributed by atoms with van der Waals surface area (Å²) >= 11 is 5.90. The smallest absolute Gasteiger partial charge is 0.331 e. The number of rotatable bonds is 7. The highest BCUT2D eigenvalue weighted by molar-refractivity contribution is 6.30. The van der Waals surface area contributed by atoms with E-state index in [4.69, 9.17) is 16.3 Å². The highest BCUT2D eigenvalue weighted by Gasteiger charge is 2.37. The fraction of sp³-hybridized carbons (Fsp3) is 0.320. The molecular weight excluding hydrogens is 477 g/mol. The maximum absolute atomic E-state index is 12.8. The van der Waals surface area contributed by atoms with Crippen LogP contribution < -0.4 is 0 Å². The average Bonchev–Trinajstić information content (AvgIpc) is 3.05. The fourth-order valence-electron chi connectivity index (χ4n) is 4.00. The average molecular weight is 504 g/mol. The van der Waals surface area contributed by atoms with Crippen LogP contribution in [0.5, 0.6) is 0 Å². The zero-order valence-corrected chi connectivity index (χ0v) is 20.4. The Morgan fingerprint density at radius 2 is 1.56 bits per heavy atom. The minimum atomic E-state index is -0.641. The number of carbonyl (C=O) groups excluding carboxylic acids is 3. The molecule has 2 aromatic carbocycles. The minimum absolute atomic E-state index is 0. The number of likely N-dealkylation sites (N-methyl/N-ethyl adjacent to an activating group) is 1. The van der Waals surface area contributed by atoms with Crippen molar-refractivity contribution in [3.63, 3.8) is 0 Å². The van der Waals surface area contributed by atoms with E-state index >= 15 is 0 Å². The number of hydrogen-bond acceptors (Lipinski definition) is 6. The first-order valence-electron chi connectivity index (χ1n) is 10.9. The molecule has 1 saturated heterocycles. The van der Waals surface area contributed by atoms with Crippen molar-refractivity contribution in [2.75, 3.05) is 46.3 Å². The van der Waals surface area contributed by atoms with Crippen molar-refractivity contribution in [1.29, 1.82) is 0 Å². The molecule has 1 fully saturated rings. The molecule has 9 heteroatoms. The quantitative estimate of drug-likeness (QED) is 0.328. The second-order valence-corrected chi connectivity index (χ2v) is 8.75. The van der Waals surface area contributed by atoms with Crippen molar-refractivity contribution in [2.24, 2.45) is 0 Å². The van der Waals surface area contributed by atoms with E-state index in [0.717, 1.165) is 31.7 Å². The molecule has 1 atom stereocenters. The molecule has 0 spiro atoms. The lowest BCUT2D eigenvalue weighted by atomic mass is 10.1. The first kappa shape index (κ1) is 25.9. The molecule has 0 aromatic heterocycles. The van der Waals surface area contributed by atoms with E-state index in [9.17, 15) is 14.4 Å². The Balaban J connectivity index is 0.00000324. The molecule has 4 rings (SSSR count). The third-order valence-corrected chi connectivity index (χ3v) is 6.14. The van der Waals surface area contributed by atoms with Gasteiger partial charge in [-0.2, -0.15) is 0 Å². The Kier molecular flexibility index (Phi) is 8.85. The molecule has 0 radical (unpaired) electrons. The molecule has 2 amide bonds. The van der Waals surface area contributed by atoms with Crippen molar-refractivity contribution in [3.8, 4) is 0 Å². The van der Waals surface area contributed by atoms with Crippen LogP contribution in [0, 0.1) is 0 Å². The second-order valence-electron chi connectivity index (χ2n) is 8.31. The summed E-state index contributed by atoms with van der Waals surface area (Å²) in [6, 6.07) is 13.8. The van der Waals surface area contributed by atoms with Crippen LogP contribution in [0.15, 0.2) is 54.6 Å². The molecule has 2 aliphatic rings. The largest absolute Gasteiger partial charge is 0.456 e. The van der Waals surface area contributed by atoms with Gasteiger partial charge < -0.3 is 9.64 Å². The predicted molar refractivity (Wildman–Crippen MR) is 133 cm³/mol. The molecule has 7 nitrogen and oxygen atoms in total. The Bertz CT molecular complexity index is 1030. The van der Waals surface area contributed by atoms with Gasteiger partial charge in [0, 0.05) is 43.8 Å². The van der Waals surface area contributed by atoms with Crippen molar-refractivity contribution >= 4 is 47.9 Å². The normalized spacial score (nSPS) is 17.5. The number of imide groups is 1. The van der Waals surface area contributed by atoms with E-state index in [1.807, 2.05) is 0 Å². The number of hydrogen-bond donors (Lipinski definition) is 0. The zero-order valence-electron chi connectivity index (χ0n) is 18.9. The summed E-state index contributed by atoms with van der Waals surface area (Å²) in [4.78, 5) is 43.8. The SMILES string of the molecule is CN1CCN(CC(CN2C(=O)c3ccccc3C2=O)OC(=O)/C=C/c2ccc(Cl)cc2)CC1.Cl. The first-order chi connectivity index (χ1) is 15.9. The maximum Gasteiger partial charge on any atom is 0.331 e. The number of piperazine rings is 1. The second kappa shape index (κ2) is 11.6. The van der Waals surface area contributed by atoms with Gasteiger partial charge in [0.15, 0.2) is 0 Å². The van der Waals surface area contributed by atoms with Gasteiger partial charge in [0.05, 0.1) is 17.7 Å².